The van der Waals surface area contributed by atoms with E-state index >= 15 is 0 Å². The topological polar surface area (TPSA) is 38.5 Å². The average molecular weight is 262 g/mol. The fourth-order valence-corrected chi connectivity index (χ4v) is 2.37. The van der Waals surface area contributed by atoms with Gasteiger partial charge < -0.3 is 10.5 Å². The van der Waals surface area contributed by atoms with Gasteiger partial charge in [0.1, 0.15) is 5.75 Å². The van der Waals surface area contributed by atoms with Crippen molar-refractivity contribution >= 4 is 5.69 Å². The van der Waals surface area contributed by atoms with Crippen molar-refractivity contribution in [1.82, 2.24) is 4.90 Å². The van der Waals surface area contributed by atoms with Crippen molar-refractivity contribution in [3.05, 3.63) is 23.8 Å². The Kier molecular flexibility index (Phi) is 4.70. The first-order chi connectivity index (χ1) is 9.10. The summed E-state index contributed by atoms with van der Waals surface area (Å²) in [5, 5.41) is 0. The molecule has 3 heteroatoms. The van der Waals surface area contributed by atoms with Gasteiger partial charge in [-0.3, -0.25) is 4.90 Å². The van der Waals surface area contributed by atoms with Gasteiger partial charge in [0.2, 0.25) is 0 Å². The highest BCUT2D eigenvalue weighted by Crippen LogP contribution is 2.31. The number of anilines is 1. The molecule has 0 atom stereocenters. The third-order valence-corrected chi connectivity index (χ3v) is 3.74. The summed E-state index contributed by atoms with van der Waals surface area (Å²) >= 11 is 0. The van der Waals surface area contributed by atoms with Crippen molar-refractivity contribution in [3.8, 4) is 5.75 Å². The lowest BCUT2D eigenvalue weighted by Crippen LogP contribution is -2.27. The lowest BCUT2D eigenvalue weighted by atomic mass is 10.1. The minimum absolute atomic E-state index is 0.759. The van der Waals surface area contributed by atoms with Crippen LogP contribution in [0.15, 0.2) is 18.2 Å². The molecule has 2 N–H and O–H groups in total. The second-order valence-electron chi connectivity index (χ2n) is 5.96. The Bertz CT molecular complexity index is 413. The summed E-state index contributed by atoms with van der Waals surface area (Å²) in [7, 11) is 1.72. The van der Waals surface area contributed by atoms with Crippen LogP contribution in [0.25, 0.3) is 0 Å². The number of hydrogen-bond donors (Lipinski definition) is 1. The monoisotopic (exact) mass is 262 g/mol. The Balaban J connectivity index is 2.04. The van der Waals surface area contributed by atoms with Gasteiger partial charge in [0.05, 0.1) is 7.11 Å². The van der Waals surface area contributed by atoms with Gasteiger partial charge in [-0.05, 0) is 37.8 Å². The molecule has 0 amide bonds. The lowest BCUT2D eigenvalue weighted by Gasteiger charge is -2.24. The van der Waals surface area contributed by atoms with Crippen molar-refractivity contribution in [2.75, 3.05) is 19.4 Å². The van der Waals surface area contributed by atoms with E-state index in [4.69, 9.17) is 10.5 Å². The molecule has 1 aliphatic rings. The molecule has 0 unspecified atom stereocenters. The molecule has 1 aliphatic carbocycles. The van der Waals surface area contributed by atoms with E-state index in [1.54, 1.807) is 7.11 Å². The number of nitrogen functional groups attached to an aromatic ring is 1. The van der Waals surface area contributed by atoms with Crippen molar-refractivity contribution in [2.24, 2.45) is 5.92 Å². The largest absolute Gasteiger partial charge is 0.496 e. The molecular formula is C16H26N2O. The van der Waals surface area contributed by atoms with Crippen LogP contribution in [0.3, 0.4) is 0 Å². The number of rotatable bonds is 7. The molecule has 1 aromatic carbocycles. The minimum Gasteiger partial charge on any atom is -0.496 e. The molecule has 0 bridgehead atoms. The summed E-state index contributed by atoms with van der Waals surface area (Å²) in [6.07, 6.45) is 3.94. The van der Waals surface area contributed by atoms with E-state index in [0.29, 0.717) is 0 Å². The van der Waals surface area contributed by atoms with Crippen LogP contribution < -0.4 is 10.5 Å². The summed E-state index contributed by atoms with van der Waals surface area (Å²) in [6.45, 7) is 6.72. The number of hydrogen-bond acceptors (Lipinski definition) is 3. The van der Waals surface area contributed by atoms with Crippen LogP contribution in [0.4, 0.5) is 5.69 Å². The fourth-order valence-electron chi connectivity index (χ4n) is 2.37. The van der Waals surface area contributed by atoms with Crippen LogP contribution in [0, 0.1) is 5.92 Å². The van der Waals surface area contributed by atoms with E-state index < -0.39 is 0 Å². The first-order valence-corrected chi connectivity index (χ1v) is 7.26. The number of benzene rings is 1. The van der Waals surface area contributed by atoms with Gasteiger partial charge in [0.15, 0.2) is 0 Å². The van der Waals surface area contributed by atoms with Crippen molar-refractivity contribution in [1.29, 1.82) is 0 Å². The zero-order chi connectivity index (χ0) is 13.8. The average Bonchev–Trinajstić information content (AvgIpc) is 3.19. The van der Waals surface area contributed by atoms with Crippen molar-refractivity contribution in [2.45, 2.75) is 45.7 Å². The van der Waals surface area contributed by atoms with E-state index in [9.17, 15) is 0 Å². The van der Waals surface area contributed by atoms with Crippen LogP contribution in [0.1, 0.15) is 38.7 Å². The fraction of sp³-hybridized carbons (Fsp3) is 0.625. The highest BCUT2D eigenvalue weighted by atomic mass is 16.5. The van der Waals surface area contributed by atoms with Crippen molar-refractivity contribution in [3.63, 3.8) is 0 Å². The van der Waals surface area contributed by atoms with Crippen LogP contribution in [0.2, 0.25) is 0 Å². The smallest absolute Gasteiger partial charge is 0.125 e. The predicted octanol–water partition coefficient (Wildman–Crippen LogP) is 3.29. The summed E-state index contributed by atoms with van der Waals surface area (Å²) in [5.41, 5.74) is 7.82. The molecule has 3 nitrogen and oxygen atoms in total. The van der Waals surface area contributed by atoms with Gasteiger partial charge >= 0.3 is 0 Å². The Hall–Kier alpha value is -1.22. The Morgan fingerprint density at radius 2 is 2.11 bits per heavy atom. The molecule has 0 spiro atoms. The molecule has 2 rings (SSSR count). The molecule has 0 radical (unpaired) electrons. The number of methoxy groups -OCH3 is 1. The maximum absolute atomic E-state index is 5.81. The van der Waals surface area contributed by atoms with E-state index in [0.717, 1.165) is 29.9 Å². The van der Waals surface area contributed by atoms with E-state index in [2.05, 4.69) is 24.8 Å². The zero-order valence-corrected chi connectivity index (χ0v) is 12.4. The lowest BCUT2D eigenvalue weighted by molar-refractivity contribution is 0.236. The summed E-state index contributed by atoms with van der Waals surface area (Å²) in [5.74, 6) is 1.67. The van der Waals surface area contributed by atoms with Crippen LogP contribution in [-0.2, 0) is 6.54 Å². The molecule has 1 saturated carbocycles. The normalized spacial score (nSPS) is 15.2. The molecule has 1 fully saturated rings. The molecule has 0 saturated heterocycles. The van der Waals surface area contributed by atoms with E-state index in [-0.39, 0.29) is 0 Å². The Morgan fingerprint density at radius 3 is 2.68 bits per heavy atom. The van der Waals surface area contributed by atoms with Gasteiger partial charge in [-0.2, -0.15) is 0 Å². The van der Waals surface area contributed by atoms with E-state index in [1.165, 1.54) is 31.4 Å². The van der Waals surface area contributed by atoms with Crippen LogP contribution in [0.5, 0.6) is 5.75 Å². The summed E-state index contributed by atoms with van der Waals surface area (Å²) < 4.78 is 5.45. The third-order valence-electron chi connectivity index (χ3n) is 3.74. The highest BCUT2D eigenvalue weighted by Gasteiger charge is 2.29. The van der Waals surface area contributed by atoms with Crippen LogP contribution >= 0.6 is 0 Å². The molecule has 0 aliphatic heterocycles. The molecule has 1 aromatic rings. The van der Waals surface area contributed by atoms with Gasteiger partial charge in [-0.1, -0.05) is 19.9 Å². The standard InChI is InChI=1S/C16H26N2O/c1-12(2)8-9-18(15-6-7-15)11-13-4-5-14(17)10-16(13)19-3/h4-5,10,12,15H,6-9,11,17H2,1-3H3. The molecule has 19 heavy (non-hydrogen) atoms. The number of nitrogens with zero attached hydrogens (tertiary/aromatic N) is 1. The number of ether oxygens (including phenoxy) is 1. The first-order valence-electron chi connectivity index (χ1n) is 7.26. The second kappa shape index (κ2) is 6.29. The summed E-state index contributed by atoms with van der Waals surface area (Å²) in [4.78, 5) is 2.59. The first kappa shape index (κ1) is 14.2. The van der Waals surface area contributed by atoms with Crippen LogP contribution in [-0.4, -0.2) is 24.6 Å². The minimum atomic E-state index is 0.759. The number of nitrogens with two attached hydrogens (primary N) is 1. The third kappa shape index (κ3) is 4.13. The molecular weight excluding hydrogens is 236 g/mol. The van der Waals surface area contributed by atoms with Gasteiger partial charge in [-0.15, -0.1) is 0 Å². The van der Waals surface area contributed by atoms with Gasteiger partial charge in [0, 0.05) is 29.9 Å². The van der Waals surface area contributed by atoms with Gasteiger partial charge in [-0.25, -0.2) is 0 Å². The second-order valence-corrected chi connectivity index (χ2v) is 5.96. The maximum atomic E-state index is 5.81. The maximum Gasteiger partial charge on any atom is 0.125 e. The van der Waals surface area contributed by atoms with Gasteiger partial charge in [0.25, 0.3) is 0 Å². The quantitative estimate of drug-likeness (QED) is 0.766. The SMILES string of the molecule is COc1cc(N)ccc1CN(CCC(C)C)C1CC1. The van der Waals surface area contributed by atoms with Crippen molar-refractivity contribution < 1.29 is 4.74 Å². The predicted molar refractivity (Wildman–Crippen MR) is 80.3 cm³/mol. The molecule has 0 heterocycles. The molecule has 106 valence electrons. The Labute approximate surface area is 116 Å². The Morgan fingerprint density at radius 1 is 1.37 bits per heavy atom. The molecule has 0 aromatic heterocycles. The highest BCUT2D eigenvalue weighted by molar-refractivity contribution is 5.48. The summed E-state index contributed by atoms with van der Waals surface area (Å²) in [6, 6.07) is 6.76. The zero-order valence-electron chi connectivity index (χ0n) is 12.4. The van der Waals surface area contributed by atoms with E-state index in [1.807, 2.05) is 12.1 Å².